The molecule has 1 aliphatic rings. The molecule has 2 aromatic carbocycles. The molecule has 1 amide bonds. The van der Waals surface area contributed by atoms with Crippen molar-refractivity contribution in [2.45, 2.75) is 24.7 Å². The first-order valence-corrected chi connectivity index (χ1v) is 10.1. The van der Waals surface area contributed by atoms with E-state index in [0.717, 1.165) is 11.3 Å². The van der Waals surface area contributed by atoms with Crippen LogP contribution in [0.15, 0.2) is 41.3 Å². The number of ether oxygens (including phenoxy) is 2. The first-order chi connectivity index (χ1) is 12.9. The van der Waals surface area contributed by atoms with Gasteiger partial charge in [-0.25, -0.2) is 8.42 Å². The molecule has 0 spiro atoms. The summed E-state index contributed by atoms with van der Waals surface area (Å²) in [6.07, 6.45) is 1.06. The fourth-order valence-electron chi connectivity index (χ4n) is 3.11. The summed E-state index contributed by atoms with van der Waals surface area (Å²) in [6.45, 7) is 2.39. The molecule has 0 fully saturated rings. The largest absolute Gasteiger partial charge is 0.493 e. The monoisotopic (exact) mass is 390 g/mol. The third-order valence-corrected chi connectivity index (χ3v) is 5.88. The minimum absolute atomic E-state index is 0.0350. The zero-order valence-electron chi connectivity index (χ0n) is 15.5. The van der Waals surface area contributed by atoms with Crippen molar-refractivity contribution in [3.8, 4) is 11.5 Å². The van der Waals surface area contributed by atoms with E-state index in [-0.39, 0.29) is 10.8 Å². The van der Waals surface area contributed by atoms with E-state index in [1.807, 2.05) is 6.92 Å². The van der Waals surface area contributed by atoms with Crippen molar-refractivity contribution in [1.29, 1.82) is 0 Å². The van der Waals surface area contributed by atoms with Crippen LogP contribution in [0.4, 0.5) is 11.4 Å². The smallest absolute Gasteiger partial charge is 0.261 e. The second kappa shape index (κ2) is 7.48. The predicted molar refractivity (Wildman–Crippen MR) is 103 cm³/mol. The lowest BCUT2D eigenvalue weighted by molar-refractivity contribution is -0.118. The molecule has 0 aliphatic carbocycles. The third-order valence-electron chi connectivity index (χ3n) is 4.50. The molecule has 0 aromatic heterocycles. The number of nitrogens with zero attached hydrogens (tertiary/aromatic N) is 1. The number of sulfonamides is 1. The Bertz CT molecular complexity index is 972. The van der Waals surface area contributed by atoms with E-state index in [1.54, 1.807) is 35.2 Å². The van der Waals surface area contributed by atoms with Crippen LogP contribution < -0.4 is 19.1 Å². The molecule has 0 unspecified atom stereocenters. The predicted octanol–water partition coefficient (Wildman–Crippen LogP) is 2.80. The van der Waals surface area contributed by atoms with Crippen molar-refractivity contribution in [3.63, 3.8) is 0 Å². The molecule has 27 heavy (non-hydrogen) atoms. The summed E-state index contributed by atoms with van der Waals surface area (Å²) in [7, 11) is -0.774. The van der Waals surface area contributed by atoms with E-state index >= 15 is 0 Å². The minimum atomic E-state index is -3.77. The summed E-state index contributed by atoms with van der Waals surface area (Å²) in [5, 5.41) is 0. The summed E-state index contributed by atoms with van der Waals surface area (Å²) in [5.41, 5.74) is 2.01. The minimum Gasteiger partial charge on any atom is -0.493 e. The average Bonchev–Trinajstić information content (AvgIpc) is 3.10. The number of hydrogen-bond acceptors (Lipinski definition) is 5. The van der Waals surface area contributed by atoms with Crippen LogP contribution in [0.3, 0.4) is 0 Å². The van der Waals surface area contributed by atoms with E-state index in [2.05, 4.69) is 4.72 Å². The summed E-state index contributed by atoms with van der Waals surface area (Å²) in [4.78, 5) is 13.8. The summed E-state index contributed by atoms with van der Waals surface area (Å²) in [5.74, 6) is 0.979. The van der Waals surface area contributed by atoms with Crippen molar-refractivity contribution in [3.05, 3.63) is 42.0 Å². The molecule has 0 bridgehead atoms. The first kappa shape index (κ1) is 19.0. The molecule has 2 aromatic rings. The molecule has 7 nitrogen and oxygen atoms in total. The second-order valence-electron chi connectivity index (χ2n) is 6.11. The van der Waals surface area contributed by atoms with E-state index in [0.29, 0.717) is 36.6 Å². The summed E-state index contributed by atoms with van der Waals surface area (Å²) >= 11 is 0. The highest BCUT2D eigenvalue weighted by molar-refractivity contribution is 7.92. The Kier molecular flexibility index (Phi) is 5.27. The Morgan fingerprint density at radius 1 is 1.11 bits per heavy atom. The van der Waals surface area contributed by atoms with E-state index in [4.69, 9.17) is 9.47 Å². The van der Waals surface area contributed by atoms with Crippen LogP contribution in [-0.2, 0) is 21.2 Å². The Morgan fingerprint density at radius 3 is 2.52 bits per heavy atom. The average molecular weight is 390 g/mol. The molecule has 3 rings (SSSR count). The van der Waals surface area contributed by atoms with Gasteiger partial charge in [0.2, 0.25) is 5.91 Å². The molecule has 8 heteroatoms. The van der Waals surface area contributed by atoms with E-state index < -0.39 is 10.0 Å². The number of methoxy groups -OCH3 is 2. The van der Waals surface area contributed by atoms with Gasteiger partial charge in [0.15, 0.2) is 11.5 Å². The summed E-state index contributed by atoms with van der Waals surface area (Å²) in [6, 6.07) is 9.64. The number of carbonyl (C=O) groups is 1. The van der Waals surface area contributed by atoms with Crippen LogP contribution in [0.25, 0.3) is 0 Å². The van der Waals surface area contributed by atoms with Gasteiger partial charge < -0.3 is 14.4 Å². The van der Waals surface area contributed by atoms with Gasteiger partial charge >= 0.3 is 0 Å². The fourth-order valence-corrected chi connectivity index (χ4v) is 4.21. The number of nitrogens with one attached hydrogen (secondary N) is 1. The van der Waals surface area contributed by atoms with Crippen molar-refractivity contribution >= 4 is 27.3 Å². The Hall–Kier alpha value is -2.74. The van der Waals surface area contributed by atoms with Crippen LogP contribution in [0, 0.1) is 0 Å². The van der Waals surface area contributed by atoms with Crippen LogP contribution in [-0.4, -0.2) is 35.1 Å². The normalized spacial score (nSPS) is 13.2. The highest BCUT2D eigenvalue weighted by Crippen LogP contribution is 2.33. The Morgan fingerprint density at radius 2 is 1.85 bits per heavy atom. The van der Waals surface area contributed by atoms with Crippen LogP contribution >= 0.6 is 0 Å². The molecule has 0 radical (unpaired) electrons. The number of benzene rings is 2. The lowest BCUT2D eigenvalue weighted by Gasteiger charge is -2.17. The lowest BCUT2D eigenvalue weighted by Crippen LogP contribution is -2.27. The highest BCUT2D eigenvalue weighted by Gasteiger charge is 2.26. The number of hydrogen-bond donors (Lipinski definition) is 1. The third kappa shape index (κ3) is 3.71. The Balaban J connectivity index is 1.87. The number of rotatable bonds is 6. The molecular weight excluding hydrogens is 368 g/mol. The molecular formula is C19H22N2O5S. The zero-order chi connectivity index (χ0) is 19.6. The van der Waals surface area contributed by atoms with Crippen LogP contribution in [0.5, 0.6) is 11.5 Å². The number of anilines is 2. The van der Waals surface area contributed by atoms with Gasteiger partial charge in [-0.15, -0.1) is 0 Å². The number of carbonyl (C=O) groups excluding carboxylic acids is 1. The fraction of sp³-hybridized carbons (Fsp3) is 0.316. The topological polar surface area (TPSA) is 84.9 Å². The van der Waals surface area contributed by atoms with Crippen LogP contribution in [0.2, 0.25) is 0 Å². The van der Waals surface area contributed by atoms with Gasteiger partial charge in [-0.1, -0.05) is 6.92 Å². The molecule has 0 atom stereocenters. The standard InChI is InChI=1S/C19H22N2O5S/c1-4-19(22)21-10-9-13-11-15(6-7-16(13)21)27(23,24)20-14-5-8-17(25-2)18(12-14)26-3/h5-8,11-12,20H,4,9-10H2,1-3H3. The molecule has 1 aliphatic heterocycles. The van der Waals surface area contributed by atoms with Gasteiger partial charge in [0.1, 0.15) is 0 Å². The van der Waals surface area contributed by atoms with Crippen molar-refractivity contribution in [1.82, 2.24) is 0 Å². The summed E-state index contributed by atoms with van der Waals surface area (Å²) < 4.78 is 38.4. The SMILES string of the molecule is CCC(=O)N1CCc2cc(S(=O)(=O)Nc3ccc(OC)c(OC)c3)ccc21. The quantitative estimate of drug-likeness (QED) is 0.820. The molecule has 0 saturated carbocycles. The van der Waals surface area contributed by atoms with E-state index in [1.165, 1.54) is 20.3 Å². The second-order valence-corrected chi connectivity index (χ2v) is 7.80. The van der Waals surface area contributed by atoms with Gasteiger partial charge in [-0.2, -0.15) is 0 Å². The van der Waals surface area contributed by atoms with Gasteiger partial charge in [-0.05, 0) is 42.3 Å². The molecule has 1 heterocycles. The number of amides is 1. The van der Waals surface area contributed by atoms with Gasteiger partial charge in [0, 0.05) is 24.7 Å². The molecule has 144 valence electrons. The van der Waals surface area contributed by atoms with Gasteiger partial charge in [0.05, 0.1) is 24.8 Å². The van der Waals surface area contributed by atoms with Crippen molar-refractivity contribution < 1.29 is 22.7 Å². The zero-order valence-corrected chi connectivity index (χ0v) is 16.3. The van der Waals surface area contributed by atoms with Crippen LogP contribution in [0.1, 0.15) is 18.9 Å². The number of fused-ring (bicyclic) bond motifs is 1. The van der Waals surface area contributed by atoms with Gasteiger partial charge in [0.25, 0.3) is 10.0 Å². The van der Waals surface area contributed by atoms with Gasteiger partial charge in [-0.3, -0.25) is 9.52 Å². The first-order valence-electron chi connectivity index (χ1n) is 8.57. The highest BCUT2D eigenvalue weighted by atomic mass is 32.2. The van der Waals surface area contributed by atoms with Crippen molar-refractivity contribution in [2.24, 2.45) is 0 Å². The van der Waals surface area contributed by atoms with E-state index in [9.17, 15) is 13.2 Å². The lowest BCUT2D eigenvalue weighted by atomic mass is 10.2. The van der Waals surface area contributed by atoms with Crippen molar-refractivity contribution in [2.75, 3.05) is 30.4 Å². The maximum atomic E-state index is 12.8. The maximum Gasteiger partial charge on any atom is 0.261 e. The Labute approximate surface area is 158 Å². The molecule has 1 N–H and O–H groups in total. The molecule has 0 saturated heterocycles. The maximum absolute atomic E-state index is 12.8.